The summed E-state index contributed by atoms with van der Waals surface area (Å²) in [6.45, 7) is 0. The molecule has 42 valence electrons. The first-order valence-electron chi connectivity index (χ1n) is 1.77. The van der Waals surface area contributed by atoms with Gasteiger partial charge in [0.25, 0.3) is 0 Å². The summed E-state index contributed by atoms with van der Waals surface area (Å²) in [6.07, 6.45) is 2.27. The van der Waals surface area contributed by atoms with Gasteiger partial charge in [-0.25, -0.2) is 4.84 Å². The minimum Gasteiger partial charge on any atom is -0.595 e. The Morgan fingerprint density at radius 2 is 2.43 bits per heavy atom. The molecule has 7 heavy (non-hydrogen) atoms. The van der Waals surface area contributed by atoms with Crippen LogP contribution in [-0.4, -0.2) is 7.11 Å². The fraction of sp³-hybridized carbons (Fsp3) is 0.333. The predicted molar refractivity (Wildman–Crippen MR) is 24.7 cm³/mol. The Morgan fingerprint density at radius 3 is 2.57 bits per heavy atom. The van der Waals surface area contributed by atoms with Crippen LogP contribution in [-0.2, 0) is 4.84 Å². The van der Waals surface area contributed by atoms with Gasteiger partial charge in [0.1, 0.15) is 6.20 Å². The van der Waals surface area contributed by atoms with E-state index in [1.165, 1.54) is 7.11 Å². The Balaban J connectivity index is 3.16. The summed E-state index contributed by atoms with van der Waals surface area (Å²) < 4.78 is 0. The lowest BCUT2D eigenvalue weighted by Gasteiger charge is -2.09. The molecule has 1 atom stereocenters. The number of hydrogen-bond donors (Lipinski definition) is 2. The number of hydroxylamine groups is 2. The van der Waals surface area contributed by atoms with Crippen molar-refractivity contribution < 1.29 is 10.1 Å². The lowest BCUT2D eigenvalue weighted by atomic mass is 10.9. The van der Waals surface area contributed by atoms with Gasteiger partial charge in [-0.05, 0) is 0 Å². The van der Waals surface area contributed by atoms with Crippen LogP contribution in [0.15, 0.2) is 12.4 Å². The standard InChI is InChI=1S/C3H8N2O2/c1-7-5(6)3-2-4/h2-3,5H,4H2,1H3/b3-2+. The molecule has 4 nitrogen and oxygen atoms in total. The van der Waals surface area contributed by atoms with Crippen molar-refractivity contribution in [1.29, 1.82) is 0 Å². The molecule has 0 rings (SSSR count). The van der Waals surface area contributed by atoms with Gasteiger partial charge in [0.15, 0.2) is 0 Å². The Labute approximate surface area is 41.7 Å². The summed E-state index contributed by atoms with van der Waals surface area (Å²) >= 11 is 0. The highest BCUT2D eigenvalue weighted by Crippen LogP contribution is 1.42. The number of quaternary nitrogens is 1. The second kappa shape index (κ2) is 3.60. The van der Waals surface area contributed by atoms with Crippen LogP contribution in [0.1, 0.15) is 0 Å². The summed E-state index contributed by atoms with van der Waals surface area (Å²) in [5.74, 6) is 0. The average molecular weight is 104 g/mol. The molecule has 0 spiro atoms. The molecule has 4 heteroatoms. The highest BCUT2D eigenvalue weighted by Gasteiger charge is 1.77. The zero-order valence-corrected chi connectivity index (χ0v) is 4.05. The third-order valence-electron chi connectivity index (χ3n) is 0.433. The van der Waals surface area contributed by atoms with Gasteiger partial charge < -0.3 is 10.9 Å². The Bertz CT molecular complexity index is 64.0. The van der Waals surface area contributed by atoms with Crippen LogP contribution < -0.4 is 11.0 Å². The largest absolute Gasteiger partial charge is 0.595 e. The molecule has 0 aromatic carbocycles. The first-order chi connectivity index (χ1) is 3.31. The third kappa shape index (κ3) is 3.24. The van der Waals surface area contributed by atoms with Gasteiger partial charge in [-0.1, -0.05) is 0 Å². The molecular weight excluding hydrogens is 96.0 g/mol. The fourth-order valence-corrected chi connectivity index (χ4v) is 0.147. The van der Waals surface area contributed by atoms with Crippen molar-refractivity contribution in [2.24, 2.45) is 5.73 Å². The minimum atomic E-state index is -0.428. The van der Waals surface area contributed by atoms with Crippen molar-refractivity contribution in [3.63, 3.8) is 0 Å². The fourth-order valence-electron chi connectivity index (χ4n) is 0.147. The van der Waals surface area contributed by atoms with Crippen LogP contribution in [0.2, 0.25) is 0 Å². The van der Waals surface area contributed by atoms with Crippen LogP contribution >= 0.6 is 0 Å². The van der Waals surface area contributed by atoms with Gasteiger partial charge in [0, 0.05) is 0 Å². The Morgan fingerprint density at radius 1 is 1.86 bits per heavy atom. The van der Waals surface area contributed by atoms with Gasteiger partial charge in [-0.3, -0.25) is 0 Å². The van der Waals surface area contributed by atoms with E-state index in [0.717, 1.165) is 12.4 Å². The molecule has 0 amide bonds. The van der Waals surface area contributed by atoms with E-state index >= 15 is 0 Å². The summed E-state index contributed by atoms with van der Waals surface area (Å²) in [4.78, 5) is 4.18. The highest BCUT2D eigenvalue weighted by atomic mass is 16.9. The molecule has 0 saturated carbocycles. The van der Waals surface area contributed by atoms with Crippen LogP contribution in [0.4, 0.5) is 0 Å². The molecule has 0 aromatic rings. The molecule has 0 saturated heterocycles. The molecule has 0 aliphatic heterocycles. The molecule has 1 unspecified atom stereocenters. The lowest BCUT2D eigenvalue weighted by molar-refractivity contribution is -1.00. The maximum atomic E-state index is 10.0. The molecule has 0 heterocycles. The molecule has 0 aliphatic carbocycles. The van der Waals surface area contributed by atoms with E-state index in [1.54, 1.807) is 0 Å². The zero-order chi connectivity index (χ0) is 5.70. The summed E-state index contributed by atoms with van der Waals surface area (Å²) in [5, 5.41) is 9.59. The monoisotopic (exact) mass is 104 g/mol. The van der Waals surface area contributed by atoms with Crippen molar-refractivity contribution in [2.45, 2.75) is 0 Å². The number of hydrogen-bond acceptors (Lipinski definition) is 3. The number of rotatable bonds is 2. The van der Waals surface area contributed by atoms with Crippen LogP contribution in [0.25, 0.3) is 0 Å². The zero-order valence-electron chi connectivity index (χ0n) is 4.05. The SMILES string of the molecule is CO[NH+]([O-])/C=C/N. The topological polar surface area (TPSA) is 62.8 Å². The van der Waals surface area contributed by atoms with Crippen LogP contribution in [0.3, 0.4) is 0 Å². The summed E-state index contributed by atoms with van der Waals surface area (Å²) in [6, 6.07) is 0. The lowest BCUT2D eigenvalue weighted by Crippen LogP contribution is -3.00. The maximum absolute atomic E-state index is 10.0. The van der Waals surface area contributed by atoms with E-state index in [0.29, 0.717) is 0 Å². The molecule has 0 radical (unpaired) electrons. The predicted octanol–water partition coefficient (Wildman–Crippen LogP) is -1.64. The summed E-state index contributed by atoms with van der Waals surface area (Å²) in [7, 11) is 1.29. The molecule has 0 fully saturated rings. The van der Waals surface area contributed by atoms with Gasteiger partial charge in [-0.15, -0.1) is 0 Å². The Kier molecular flexibility index (Phi) is 3.31. The van der Waals surface area contributed by atoms with E-state index in [9.17, 15) is 5.21 Å². The minimum absolute atomic E-state index is 0.428. The van der Waals surface area contributed by atoms with Crippen molar-refractivity contribution in [2.75, 3.05) is 7.11 Å². The second-order valence-electron chi connectivity index (χ2n) is 0.882. The average Bonchev–Trinajstić information content (AvgIpc) is 1.68. The van der Waals surface area contributed by atoms with Crippen LogP contribution in [0, 0.1) is 5.21 Å². The first-order valence-corrected chi connectivity index (χ1v) is 1.77. The summed E-state index contributed by atoms with van der Waals surface area (Å²) in [5.41, 5.74) is 4.82. The first kappa shape index (κ1) is 6.42. The van der Waals surface area contributed by atoms with Gasteiger partial charge >= 0.3 is 0 Å². The van der Waals surface area contributed by atoms with Crippen molar-refractivity contribution >= 4 is 0 Å². The normalized spacial score (nSPS) is 15.1. The molecule has 0 aliphatic rings. The molecular formula is C3H8N2O2. The van der Waals surface area contributed by atoms with E-state index in [4.69, 9.17) is 5.73 Å². The van der Waals surface area contributed by atoms with E-state index in [1.807, 2.05) is 0 Å². The van der Waals surface area contributed by atoms with E-state index in [2.05, 4.69) is 4.84 Å². The van der Waals surface area contributed by atoms with Crippen molar-refractivity contribution in [3.05, 3.63) is 17.6 Å². The maximum Gasteiger partial charge on any atom is 0.143 e. The van der Waals surface area contributed by atoms with E-state index < -0.39 is 5.23 Å². The molecule has 0 aromatic heterocycles. The quantitative estimate of drug-likeness (QED) is 0.413. The van der Waals surface area contributed by atoms with E-state index in [-0.39, 0.29) is 0 Å². The molecule has 3 N–H and O–H groups in total. The third-order valence-corrected chi connectivity index (χ3v) is 0.433. The number of nitrogens with two attached hydrogens (primary N) is 1. The highest BCUT2D eigenvalue weighted by molar-refractivity contribution is 4.59. The van der Waals surface area contributed by atoms with Gasteiger partial charge in [-0.2, -0.15) is 5.23 Å². The van der Waals surface area contributed by atoms with Crippen molar-refractivity contribution in [3.8, 4) is 0 Å². The Hall–Kier alpha value is -0.580. The van der Waals surface area contributed by atoms with Crippen molar-refractivity contribution in [1.82, 2.24) is 0 Å². The van der Waals surface area contributed by atoms with Crippen LogP contribution in [0.5, 0.6) is 0 Å². The van der Waals surface area contributed by atoms with Gasteiger partial charge in [0.05, 0.1) is 13.3 Å². The van der Waals surface area contributed by atoms with Gasteiger partial charge in [0.2, 0.25) is 0 Å². The number of nitrogens with one attached hydrogen (secondary N) is 1. The molecule has 0 bridgehead atoms. The second-order valence-corrected chi connectivity index (χ2v) is 0.882. The smallest absolute Gasteiger partial charge is 0.143 e.